The topological polar surface area (TPSA) is 76.2 Å². The second-order valence-electron chi connectivity index (χ2n) is 5.19. The molecule has 0 saturated carbocycles. The van der Waals surface area contributed by atoms with E-state index in [4.69, 9.17) is 4.52 Å². The Morgan fingerprint density at radius 3 is 2.65 bits per heavy atom. The quantitative estimate of drug-likeness (QED) is 0.794. The third-order valence-corrected chi connectivity index (χ3v) is 3.59. The molecule has 5 nitrogen and oxygen atoms in total. The first-order chi connectivity index (χ1) is 11.0. The molecule has 0 atom stereocenters. The summed E-state index contributed by atoms with van der Waals surface area (Å²) in [6.45, 7) is 3.45. The third-order valence-electron chi connectivity index (χ3n) is 3.59. The Labute approximate surface area is 131 Å². The van der Waals surface area contributed by atoms with Crippen LogP contribution in [0.5, 0.6) is 0 Å². The van der Waals surface area contributed by atoms with Crippen molar-refractivity contribution in [3.8, 4) is 22.8 Å². The fraction of sp³-hybridized carbons (Fsp3) is 0.118. The Bertz CT molecular complexity index is 882. The minimum absolute atomic E-state index is 0.0630. The number of carboxylic acids is 1. The van der Waals surface area contributed by atoms with Crippen molar-refractivity contribution in [1.82, 2.24) is 10.1 Å². The van der Waals surface area contributed by atoms with Gasteiger partial charge in [-0.25, -0.2) is 9.18 Å². The zero-order chi connectivity index (χ0) is 16.6. The summed E-state index contributed by atoms with van der Waals surface area (Å²) < 4.78 is 19.1. The lowest BCUT2D eigenvalue weighted by molar-refractivity contribution is 0.0696. The van der Waals surface area contributed by atoms with Crippen LogP contribution in [0.2, 0.25) is 0 Å². The van der Waals surface area contributed by atoms with Crippen molar-refractivity contribution in [2.75, 3.05) is 0 Å². The van der Waals surface area contributed by atoms with Crippen molar-refractivity contribution in [3.05, 3.63) is 58.9 Å². The SMILES string of the molecule is Cc1ccc(-c2noc(-c3c(C)cccc3F)n2)cc1C(=O)O. The van der Waals surface area contributed by atoms with E-state index in [-0.39, 0.29) is 22.8 Å². The molecule has 1 heterocycles. The van der Waals surface area contributed by atoms with E-state index < -0.39 is 11.8 Å². The molecule has 116 valence electrons. The Morgan fingerprint density at radius 2 is 1.96 bits per heavy atom. The first kappa shape index (κ1) is 14.9. The first-order valence-corrected chi connectivity index (χ1v) is 6.91. The molecule has 0 radical (unpaired) electrons. The summed E-state index contributed by atoms with van der Waals surface area (Å²) in [5, 5.41) is 13.0. The second-order valence-corrected chi connectivity index (χ2v) is 5.19. The van der Waals surface area contributed by atoms with Gasteiger partial charge >= 0.3 is 5.97 Å². The molecule has 3 rings (SSSR count). The fourth-order valence-corrected chi connectivity index (χ4v) is 2.34. The number of halogens is 1. The highest BCUT2D eigenvalue weighted by atomic mass is 19.1. The van der Waals surface area contributed by atoms with Crippen LogP contribution in [-0.4, -0.2) is 21.2 Å². The number of aromatic nitrogens is 2. The van der Waals surface area contributed by atoms with Crippen molar-refractivity contribution in [3.63, 3.8) is 0 Å². The average Bonchev–Trinajstić information content (AvgIpc) is 2.97. The summed E-state index contributed by atoms with van der Waals surface area (Å²) in [5.41, 5.74) is 2.22. The highest BCUT2D eigenvalue weighted by Crippen LogP contribution is 2.28. The molecule has 0 aliphatic heterocycles. The van der Waals surface area contributed by atoms with Crippen LogP contribution in [0.4, 0.5) is 4.39 Å². The number of carbonyl (C=O) groups is 1. The molecule has 1 aromatic heterocycles. The van der Waals surface area contributed by atoms with E-state index >= 15 is 0 Å². The maximum atomic E-state index is 14.0. The van der Waals surface area contributed by atoms with Gasteiger partial charge in [0.25, 0.3) is 5.89 Å². The Balaban J connectivity index is 2.06. The largest absolute Gasteiger partial charge is 0.478 e. The molecular weight excluding hydrogens is 299 g/mol. The molecule has 0 unspecified atom stereocenters. The molecule has 6 heteroatoms. The van der Waals surface area contributed by atoms with E-state index in [0.29, 0.717) is 16.7 Å². The normalized spacial score (nSPS) is 10.7. The predicted molar refractivity (Wildman–Crippen MR) is 81.6 cm³/mol. The van der Waals surface area contributed by atoms with Crippen molar-refractivity contribution < 1.29 is 18.8 Å². The summed E-state index contributed by atoms with van der Waals surface area (Å²) in [4.78, 5) is 15.4. The van der Waals surface area contributed by atoms with Crippen molar-refractivity contribution in [2.24, 2.45) is 0 Å². The van der Waals surface area contributed by atoms with Gasteiger partial charge in [-0.15, -0.1) is 0 Å². The number of aryl methyl sites for hydroxylation is 2. The van der Waals surface area contributed by atoms with Crippen LogP contribution in [0.3, 0.4) is 0 Å². The minimum atomic E-state index is -1.03. The number of hydrogen-bond acceptors (Lipinski definition) is 4. The van der Waals surface area contributed by atoms with Crippen LogP contribution in [-0.2, 0) is 0 Å². The zero-order valence-corrected chi connectivity index (χ0v) is 12.5. The van der Waals surface area contributed by atoms with Crippen LogP contribution in [0.1, 0.15) is 21.5 Å². The molecule has 2 aromatic carbocycles. The van der Waals surface area contributed by atoms with Gasteiger partial charge in [-0.3, -0.25) is 0 Å². The summed E-state index contributed by atoms with van der Waals surface area (Å²) in [7, 11) is 0. The monoisotopic (exact) mass is 312 g/mol. The Kier molecular flexibility index (Phi) is 3.65. The van der Waals surface area contributed by atoms with Crippen molar-refractivity contribution in [2.45, 2.75) is 13.8 Å². The fourth-order valence-electron chi connectivity index (χ4n) is 2.34. The summed E-state index contributed by atoms with van der Waals surface area (Å²) >= 11 is 0. The van der Waals surface area contributed by atoms with Crippen molar-refractivity contribution >= 4 is 5.97 Å². The van der Waals surface area contributed by atoms with Gasteiger partial charge < -0.3 is 9.63 Å². The molecule has 0 aliphatic carbocycles. The van der Waals surface area contributed by atoms with Crippen LogP contribution in [0, 0.1) is 19.7 Å². The molecule has 3 aromatic rings. The molecule has 0 spiro atoms. The molecule has 1 N–H and O–H groups in total. The number of aromatic carboxylic acids is 1. The number of hydrogen-bond donors (Lipinski definition) is 1. The Morgan fingerprint density at radius 1 is 1.17 bits per heavy atom. The van der Waals surface area contributed by atoms with Gasteiger partial charge in [-0.2, -0.15) is 4.98 Å². The van der Waals surface area contributed by atoms with Gasteiger partial charge in [0.15, 0.2) is 0 Å². The van der Waals surface area contributed by atoms with Gasteiger partial charge in [-0.1, -0.05) is 29.4 Å². The molecule has 23 heavy (non-hydrogen) atoms. The molecule has 0 bridgehead atoms. The van der Waals surface area contributed by atoms with E-state index in [2.05, 4.69) is 10.1 Å². The standard InChI is InChI=1S/C17H13FN2O3/c1-9-6-7-11(8-12(9)17(21)22)15-19-16(23-20-15)14-10(2)4-3-5-13(14)18/h3-8H,1-2H3,(H,21,22). The molecule has 0 amide bonds. The molecule has 0 aliphatic rings. The van der Waals surface area contributed by atoms with Gasteiger partial charge in [0.2, 0.25) is 5.82 Å². The van der Waals surface area contributed by atoms with Crippen LogP contribution >= 0.6 is 0 Å². The molecular formula is C17H13FN2O3. The highest BCUT2D eigenvalue weighted by Gasteiger charge is 2.17. The maximum absolute atomic E-state index is 14.0. The zero-order valence-electron chi connectivity index (χ0n) is 12.5. The highest BCUT2D eigenvalue weighted by molar-refractivity contribution is 5.90. The first-order valence-electron chi connectivity index (χ1n) is 6.91. The van der Waals surface area contributed by atoms with Gasteiger partial charge in [0.1, 0.15) is 5.82 Å². The average molecular weight is 312 g/mol. The second kappa shape index (κ2) is 5.64. The Hall–Kier alpha value is -3.02. The number of carboxylic acid groups (broad SMARTS) is 1. The van der Waals surface area contributed by atoms with Gasteiger partial charge in [0.05, 0.1) is 11.1 Å². The van der Waals surface area contributed by atoms with Crippen LogP contribution in [0.15, 0.2) is 40.9 Å². The summed E-state index contributed by atoms with van der Waals surface area (Å²) in [5.74, 6) is -1.20. The van der Waals surface area contributed by atoms with Crippen LogP contribution < -0.4 is 0 Å². The predicted octanol–water partition coefficient (Wildman–Crippen LogP) is 3.86. The van der Waals surface area contributed by atoms with E-state index in [1.54, 1.807) is 38.1 Å². The van der Waals surface area contributed by atoms with E-state index in [0.717, 1.165) is 0 Å². The lowest BCUT2D eigenvalue weighted by Gasteiger charge is -2.02. The molecule has 0 saturated heterocycles. The maximum Gasteiger partial charge on any atom is 0.335 e. The van der Waals surface area contributed by atoms with E-state index in [1.807, 2.05) is 0 Å². The smallest absolute Gasteiger partial charge is 0.335 e. The third kappa shape index (κ3) is 2.70. The number of benzene rings is 2. The van der Waals surface area contributed by atoms with Gasteiger partial charge in [-0.05, 0) is 37.1 Å². The summed E-state index contributed by atoms with van der Waals surface area (Å²) in [6, 6.07) is 9.51. The van der Waals surface area contributed by atoms with Gasteiger partial charge in [0, 0.05) is 5.56 Å². The number of nitrogens with zero attached hydrogens (tertiary/aromatic N) is 2. The molecule has 0 fully saturated rings. The lowest BCUT2D eigenvalue weighted by Crippen LogP contribution is -2.00. The van der Waals surface area contributed by atoms with E-state index in [1.165, 1.54) is 12.1 Å². The lowest BCUT2D eigenvalue weighted by atomic mass is 10.0. The van der Waals surface area contributed by atoms with Crippen molar-refractivity contribution in [1.29, 1.82) is 0 Å². The summed E-state index contributed by atoms with van der Waals surface area (Å²) in [6.07, 6.45) is 0. The minimum Gasteiger partial charge on any atom is -0.478 e. The van der Waals surface area contributed by atoms with Crippen LogP contribution in [0.25, 0.3) is 22.8 Å². The number of rotatable bonds is 3. The van der Waals surface area contributed by atoms with E-state index in [9.17, 15) is 14.3 Å².